The molecule has 0 spiro atoms. The van der Waals surface area contributed by atoms with Crippen molar-refractivity contribution in [2.24, 2.45) is 0 Å². The van der Waals surface area contributed by atoms with Crippen molar-refractivity contribution in [1.29, 1.82) is 0 Å². The summed E-state index contributed by atoms with van der Waals surface area (Å²) in [5.74, 6) is 0. The summed E-state index contributed by atoms with van der Waals surface area (Å²) in [6, 6.07) is 0. The number of rotatable bonds is 5. The first kappa shape index (κ1) is 14.9. The standard InChI is InChI=1S/C11H24N2O3S/c1-3-11(2,10-14)12-17(15,16)13-8-6-4-5-7-9-13/h12,14H,3-10H2,1-2H3. The Bertz CT molecular complexity index is 318. The van der Waals surface area contributed by atoms with Crippen LogP contribution in [-0.4, -0.2) is 43.1 Å². The van der Waals surface area contributed by atoms with Gasteiger partial charge in [-0.1, -0.05) is 19.8 Å². The van der Waals surface area contributed by atoms with Crippen LogP contribution in [0.2, 0.25) is 0 Å². The zero-order valence-corrected chi connectivity index (χ0v) is 11.6. The van der Waals surface area contributed by atoms with Gasteiger partial charge in [0.05, 0.1) is 12.1 Å². The highest BCUT2D eigenvalue weighted by Crippen LogP contribution is 2.16. The van der Waals surface area contributed by atoms with Crippen molar-refractivity contribution < 1.29 is 13.5 Å². The van der Waals surface area contributed by atoms with E-state index in [0.29, 0.717) is 19.5 Å². The molecule has 0 aromatic rings. The highest BCUT2D eigenvalue weighted by atomic mass is 32.2. The van der Waals surface area contributed by atoms with Gasteiger partial charge < -0.3 is 5.11 Å². The zero-order valence-electron chi connectivity index (χ0n) is 10.8. The molecular weight excluding hydrogens is 240 g/mol. The Balaban J connectivity index is 2.72. The van der Waals surface area contributed by atoms with Gasteiger partial charge in [0.2, 0.25) is 0 Å². The molecule has 0 aromatic carbocycles. The van der Waals surface area contributed by atoms with Gasteiger partial charge in [-0.05, 0) is 26.2 Å². The summed E-state index contributed by atoms with van der Waals surface area (Å²) in [6.07, 6.45) is 4.59. The topological polar surface area (TPSA) is 69.6 Å². The van der Waals surface area contributed by atoms with Gasteiger partial charge in [-0.3, -0.25) is 0 Å². The quantitative estimate of drug-likeness (QED) is 0.773. The van der Waals surface area contributed by atoms with Gasteiger partial charge in [-0.15, -0.1) is 0 Å². The molecule has 0 aromatic heterocycles. The van der Waals surface area contributed by atoms with Crippen LogP contribution in [0.4, 0.5) is 0 Å². The summed E-state index contributed by atoms with van der Waals surface area (Å²) in [7, 11) is -3.47. The molecule has 6 heteroatoms. The second-order valence-corrected chi connectivity index (χ2v) is 6.66. The molecule has 0 radical (unpaired) electrons. The van der Waals surface area contributed by atoms with Gasteiger partial charge in [-0.25, -0.2) is 0 Å². The Labute approximate surface area is 104 Å². The third-order valence-electron chi connectivity index (χ3n) is 3.41. The number of nitrogens with zero attached hydrogens (tertiary/aromatic N) is 1. The summed E-state index contributed by atoms with van der Waals surface area (Å²) in [5, 5.41) is 9.26. The maximum atomic E-state index is 12.2. The normalized spacial score (nSPS) is 23.0. The Morgan fingerprint density at radius 3 is 2.18 bits per heavy atom. The van der Waals surface area contributed by atoms with Crippen LogP contribution in [0.25, 0.3) is 0 Å². The molecule has 0 bridgehead atoms. The first-order valence-electron chi connectivity index (χ1n) is 6.33. The predicted octanol–water partition coefficient (Wildman–Crippen LogP) is 0.858. The molecule has 1 aliphatic heterocycles. The van der Waals surface area contributed by atoms with E-state index < -0.39 is 15.7 Å². The SMILES string of the molecule is CCC(C)(CO)NS(=O)(=O)N1CCCCCC1. The highest BCUT2D eigenvalue weighted by molar-refractivity contribution is 7.87. The largest absolute Gasteiger partial charge is 0.394 e. The molecule has 1 unspecified atom stereocenters. The molecule has 0 aliphatic carbocycles. The van der Waals surface area contributed by atoms with E-state index in [2.05, 4.69) is 4.72 Å². The summed E-state index contributed by atoms with van der Waals surface area (Å²) >= 11 is 0. The fourth-order valence-corrected chi connectivity index (χ4v) is 3.57. The Morgan fingerprint density at radius 2 is 1.76 bits per heavy atom. The van der Waals surface area contributed by atoms with Crippen LogP contribution in [0, 0.1) is 0 Å². The number of aliphatic hydroxyl groups excluding tert-OH is 1. The average Bonchev–Trinajstić information content (AvgIpc) is 2.57. The van der Waals surface area contributed by atoms with Gasteiger partial charge in [0.15, 0.2) is 0 Å². The van der Waals surface area contributed by atoms with Crippen LogP contribution in [0.15, 0.2) is 0 Å². The zero-order chi connectivity index (χ0) is 12.9. The lowest BCUT2D eigenvalue weighted by Crippen LogP contribution is -2.53. The maximum absolute atomic E-state index is 12.2. The van der Waals surface area contributed by atoms with Crippen molar-refractivity contribution in [1.82, 2.24) is 9.03 Å². The Kier molecular flexibility index (Phi) is 5.37. The van der Waals surface area contributed by atoms with Crippen molar-refractivity contribution in [3.05, 3.63) is 0 Å². The first-order valence-corrected chi connectivity index (χ1v) is 7.77. The molecule has 102 valence electrons. The molecule has 17 heavy (non-hydrogen) atoms. The molecule has 5 nitrogen and oxygen atoms in total. The smallest absolute Gasteiger partial charge is 0.280 e. The minimum absolute atomic E-state index is 0.184. The van der Waals surface area contributed by atoms with E-state index in [1.54, 1.807) is 6.92 Å². The lowest BCUT2D eigenvalue weighted by Gasteiger charge is -2.30. The minimum Gasteiger partial charge on any atom is -0.394 e. The molecular formula is C11H24N2O3S. The van der Waals surface area contributed by atoms with E-state index in [-0.39, 0.29) is 6.61 Å². The summed E-state index contributed by atoms with van der Waals surface area (Å²) in [5.41, 5.74) is -0.759. The lowest BCUT2D eigenvalue weighted by atomic mass is 10.0. The van der Waals surface area contributed by atoms with Gasteiger partial charge in [0.1, 0.15) is 0 Å². The molecule has 2 N–H and O–H groups in total. The van der Waals surface area contributed by atoms with Crippen LogP contribution in [0.1, 0.15) is 46.0 Å². The van der Waals surface area contributed by atoms with Crippen molar-refractivity contribution in [3.8, 4) is 0 Å². The van der Waals surface area contributed by atoms with E-state index in [0.717, 1.165) is 25.7 Å². The molecule has 1 heterocycles. The van der Waals surface area contributed by atoms with E-state index in [1.807, 2.05) is 6.92 Å². The van der Waals surface area contributed by atoms with E-state index in [1.165, 1.54) is 4.31 Å². The van der Waals surface area contributed by atoms with Crippen LogP contribution in [0.5, 0.6) is 0 Å². The van der Waals surface area contributed by atoms with Crippen LogP contribution in [0.3, 0.4) is 0 Å². The van der Waals surface area contributed by atoms with E-state index in [4.69, 9.17) is 0 Å². The maximum Gasteiger partial charge on any atom is 0.280 e. The number of hydrogen-bond donors (Lipinski definition) is 2. The third kappa shape index (κ3) is 4.21. The fourth-order valence-electron chi connectivity index (χ4n) is 1.87. The molecule has 1 fully saturated rings. The average molecular weight is 264 g/mol. The summed E-state index contributed by atoms with van der Waals surface area (Å²) < 4.78 is 28.5. The Hall–Kier alpha value is -0.170. The Morgan fingerprint density at radius 1 is 1.24 bits per heavy atom. The van der Waals surface area contributed by atoms with Crippen LogP contribution in [-0.2, 0) is 10.2 Å². The second kappa shape index (κ2) is 6.13. The molecule has 1 aliphatic rings. The minimum atomic E-state index is -3.47. The third-order valence-corrected chi connectivity index (χ3v) is 5.21. The van der Waals surface area contributed by atoms with Gasteiger partial charge in [-0.2, -0.15) is 17.4 Å². The molecule has 0 amide bonds. The highest BCUT2D eigenvalue weighted by Gasteiger charge is 2.31. The molecule has 0 saturated carbocycles. The number of nitrogens with one attached hydrogen (secondary N) is 1. The van der Waals surface area contributed by atoms with Crippen LogP contribution >= 0.6 is 0 Å². The predicted molar refractivity (Wildman–Crippen MR) is 67.9 cm³/mol. The molecule has 1 saturated heterocycles. The summed E-state index contributed by atoms with van der Waals surface area (Å²) in [6.45, 7) is 4.57. The number of aliphatic hydroxyl groups is 1. The van der Waals surface area contributed by atoms with Gasteiger partial charge >= 0.3 is 0 Å². The van der Waals surface area contributed by atoms with Crippen LogP contribution < -0.4 is 4.72 Å². The van der Waals surface area contributed by atoms with E-state index in [9.17, 15) is 13.5 Å². The number of hydrogen-bond acceptors (Lipinski definition) is 3. The summed E-state index contributed by atoms with van der Waals surface area (Å²) in [4.78, 5) is 0. The monoisotopic (exact) mass is 264 g/mol. The first-order chi connectivity index (χ1) is 7.93. The van der Waals surface area contributed by atoms with Crippen molar-refractivity contribution >= 4 is 10.2 Å². The van der Waals surface area contributed by atoms with Gasteiger partial charge in [0.25, 0.3) is 10.2 Å². The van der Waals surface area contributed by atoms with Gasteiger partial charge in [0, 0.05) is 13.1 Å². The van der Waals surface area contributed by atoms with E-state index >= 15 is 0 Å². The molecule has 1 atom stereocenters. The fraction of sp³-hybridized carbons (Fsp3) is 1.00. The van der Waals surface area contributed by atoms with Crippen molar-refractivity contribution in [2.45, 2.75) is 51.5 Å². The van der Waals surface area contributed by atoms with Crippen molar-refractivity contribution in [3.63, 3.8) is 0 Å². The second-order valence-electron chi connectivity index (χ2n) is 4.99. The lowest BCUT2D eigenvalue weighted by molar-refractivity contribution is 0.188. The van der Waals surface area contributed by atoms with Crippen molar-refractivity contribution in [2.75, 3.05) is 19.7 Å². The molecule has 1 rings (SSSR count).